The van der Waals surface area contributed by atoms with Gasteiger partial charge in [-0.1, -0.05) is 18.2 Å². The van der Waals surface area contributed by atoms with Gasteiger partial charge in [-0.15, -0.1) is 0 Å². The first kappa shape index (κ1) is 19.6. The van der Waals surface area contributed by atoms with Crippen LogP contribution in [0.3, 0.4) is 0 Å². The smallest absolute Gasteiger partial charge is 0.260 e. The van der Waals surface area contributed by atoms with Crippen LogP contribution in [0.2, 0.25) is 0 Å². The normalized spacial score (nSPS) is 15.0. The van der Waals surface area contributed by atoms with Crippen molar-refractivity contribution in [2.75, 3.05) is 0 Å². The van der Waals surface area contributed by atoms with Gasteiger partial charge < -0.3 is 10.3 Å². The molecular weight excluding hydrogens is 404 g/mol. The number of fused-ring (bicyclic) bond motifs is 1. The topological polar surface area (TPSA) is 134 Å². The highest BCUT2D eigenvalue weighted by Gasteiger charge is 2.27. The minimum atomic E-state index is -3.75. The third-order valence-electron chi connectivity index (χ3n) is 4.74. The molecule has 2 aromatic carbocycles. The third kappa shape index (κ3) is 3.88. The molecule has 0 aliphatic carbocycles. The molecular formula is C21H18N4O4S. The summed E-state index contributed by atoms with van der Waals surface area (Å²) in [6, 6.07) is 15.2. The lowest BCUT2D eigenvalue weighted by Crippen LogP contribution is -2.37. The van der Waals surface area contributed by atoms with Crippen LogP contribution in [0.15, 0.2) is 71.9 Å². The van der Waals surface area contributed by atoms with Crippen molar-refractivity contribution in [1.82, 2.24) is 15.6 Å². The average Bonchev–Trinajstić information content (AvgIpc) is 3.24. The monoisotopic (exact) mass is 422 g/mol. The molecule has 0 unspecified atom stereocenters. The summed E-state index contributed by atoms with van der Waals surface area (Å²) in [7, 11) is -3.75. The van der Waals surface area contributed by atoms with Crippen LogP contribution in [-0.4, -0.2) is 25.2 Å². The van der Waals surface area contributed by atoms with E-state index >= 15 is 0 Å². The van der Waals surface area contributed by atoms with Gasteiger partial charge in [0.1, 0.15) is 0 Å². The molecule has 0 spiro atoms. The number of benzene rings is 2. The number of aromatic amines is 1. The summed E-state index contributed by atoms with van der Waals surface area (Å²) in [5.74, 6) is -0.933. The van der Waals surface area contributed by atoms with E-state index in [1.165, 1.54) is 12.1 Å². The fourth-order valence-corrected chi connectivity index (χ4v) is 3.73. The summed E-state index contributed by atoms with van der Waals surface area (Å²) in [6.45, 7) is 0.348. The van der Waals surface area contributed by atoms with Crippen LogP contribution in [0.4, 0.5) is 0 Å². The lowest BCUT2D eigenvalue weighted by molar-refractivity contribution is -0.114. The van der Waals surface area contributed by atoms with Crippen LogP contribution in [0.1, 0.15) is 21.5 Å². The Balaban J connectivity index is 1.60. The third-order valence-corrected chi connectivity index (χ3v) is 5.67. The number of rotatable bonds is 5. The first-order chi connectivity index (χ1) is 14.3. The van der Waals surface area contributed by atoms with Gasteiger partial charge >= 0.3 is 0 Å². The van der Waals surface area contributed by atoms with Gasteiger partial charge in [-0.2, -0.15) is 0 Å². The number of primary sulfonamides is 1. The van der Waals surface area contributed by atoms with Gasteiger partial charge in [-0.3, -0.25) is 14.9 Å². The highest BCUT2D eigenvalue weighted by molar-refractivity contribution is 7.89. The Labute approximate surface area is 172 Å². The largest absolute Gasteiger partial charge is 0.386 e. The Hall–Kier alpha value is -3.69. The zero-order valence-corrected chi connectivity index (χ0v) is 16.5. The van der Waals surface area contributed by atoms with Gasteiger partial charge in [0.2, 0.25) is 10.0 Å². The molecule has 1 aromatic heterocycles. The van der Waals surface area contributed by atoms with Gasteiger partial charge in [0.15, 0.2) is 0 Å². The van der Waals surface area contributed by atoms with Crippen molar-refractivity contribution >= 4 is 27.4 Å². The number of nitrogens with two attached hydrogens (primary N) is 1. The predicted octanol–water partition coefficient (Wildman–Crippen LogP) is 1.73. The first-order valence-corrected chi connectivity index (χ1v) is 10.6. The SMILES string of the molecule is NS(=O)(=O)c1ccc(CNC=C2C(=O)NC(=O)c3ccc(-c4ccc[nH]4)cc32)cc1. The molecule has 4 rings (SSSR count). The molecule has 9 heteroatoms. The molecule has 0 saturated heterocycles. The number of hydrogen-bond acceptors (Lipinski definition) is 5. The van der Waals surface area contributed by atoms with E-state index in [0.717, 1.165) is 16.8 Å². The molecule has 8 nitrogen and oxygen atoms in total. The molecule has 152 valence electrons. The number of nitrogens with one attached hydrogen (secondary N) is 3. The van der Waals surface area contributed by atoms with E-state index in [0.29, 0.717) is 23.2 Å². The second kappa shape index (κ2) is 7.62. The van der Waals surface area contributed by atoms with Gasteiger partial charge in [0, 0.05) is 35.8 Å². The Bertz CT molecular complexity index is 1260. The van der Waals surface area contributed by atoms with Crippen molar-refractivity contribution in [3.8, 4) is 11.3 Å². The zero-order chi connectivity index (χ0) is 21.3. The molecule has 2 heterocycles. The number of imide groups is 1. The molecule has 0 bridgehead atoms. The number of aromatic nitrogens is 1. The van der Waals surface area contributed by atoms with Gasteiger partial charge in [-0.05, 0) is 47.5 Å². The molecule has 0 atom stereocenters. The second-order valence-electron chi connectivity index (χ2n) is 6.76. The number of sulfonamides is 1. The maximum atomic E-state index is 12.4. The number of carbonyl (C=O) groups excluding carboxylic acids is 2. The molecule has 0 saturated carbocycles. The van der Waals surface area contributed by atoms with Gasteiger partial charge in [0.05, 0.1) is 10.5 Å². The highest BCUT2D eigenvalue weighted by atomic mass is 32.2. The molecule has 5 N–H and O–H groups in total. The summed E-state index contributed by atoms with van der Waals surface area (Å²) in [4.78, 5) is 27.8. The lowest BCUT2D eigenvalue weighted by atomic mass is 9.93. The fraction of sp³-hybridized carbons (Fsp3) is 0.0476. The zero-order valence-electron chi connectivity index (χ0n) is 15.7. The average molecular weight is 422 g/mol. The van der Waals surface area contributed by atoms with E-state index < -0.39 is 21.8 Å². The summed E-state index contributed by atoms with van der Waals surface area (Å²) in [5, 5.41) is 10.5. The number of hydrogen-bond donors (Lipinski definition) is 4. The minimum absolute atomic E-state index is 0.0283. The maximum absolute atomic E-state index is 12.4. The Morgan fingerprint density at radius 3 is 2.40 bits per heavy atom. The van der Waals surface area contributed by atoms with Crippen LogP contribution < -0.4 is 15.8 Å². The Morgan fingerprint density at radius 1 is 0.967 bits per heavy atom. The van der Waals surface area contributed by atoms with E-state index in [4.69, 9.17) is 5.14 Å². The van der Waals surface area contributed by atoms with Crippen LogP contribution in [0.5, 0.6) is 0 Å². The lowest BCUT2D eigenvalue weighted by Gasteiger charge is -2.19. The van der Waals surface area contributed by atoms with Crippen molar-refractivity contribution in [2.45, 2.75) is 11.4 Å². The molecule has 3 aromatic rings. The predicted molar refractivity (Wildman–Crippen MR) is 111 cm³/mol. The van der Waals surface area contributed by atoms with Crippen molar-refractivity contribution in [3.05, 3.63) is 83.7 Å². The van der Waals surface area contributed by atoms with Gasteiger partial charge in [-0.25, -0.2) is 13.6 Å². The molecule has 0 fully saturated rings. The van der Waals surface area contributed by atoms with Crippen LogP contribution in [-0.2, 0) is 21.4 Å². The first-order valence-electron chi connectivity index (χ1n) is 9.02. The quantitative estimate of drug-likeness (QED) is 0.367. The van der Waals surface area contributed by atoms with Crippen molar-refractivity contribution in [1.29, 1.82) is 0 Å². The Morgan fingerprint density at radius 2 is 1.73 bits per heavy atom. The van der Waals surface area contributed by atoms with Crippen LogP contribution in [0.25, 0.3) is 16.8 Å². The van der Waals surface area contributed by atoms with E-state index in [9.17, 15) is 18.0 Å². The van der Waals surface area contributed by atoms with E-state index in [-0.39, 0.29) is 4.90 Å². The minimum Gasteiger partial charge on any atom is -0.386 e. The van der Waals surface area contributed by atoms with E-state index in [1.807, 2.05) is 18.2 Å². The molecule has 2 amide bonds. The number of amides is 2. The maximum Gasteiger partial charge on any atom is 0.260 e. The van der Waals surface area contributed by atoms with E-state index in [1.54, 1.807) is 36.7 Å². The van der Waals surface area contributed by atoms with Crippen molar-refractivity contribution < 1.29 is 18.0 Å². The number of H-pyrrole nitrogens is 1. The van der Waals surface area contributed by atoms with E-state index in [2.05, 4.69) is 15.6 Å². The molecule has 30 heavy (non-hydrogen) atoms. The van der Waals surface area contributed by atoms with Crippen LogP contribution >= 0.6 is 0 Å². The van der Waals surface area contributed by atoms with Crippen molar-refractivity contribution in [3.63, 3.8) is 0 Å². The molecule has 0 radical (unpaired) electrons. The summed E-state index contributed by atoms with van der Waals surface area (Å²) < 4.78 is 22.7. The summed E-state index contributed by atoms with van der Waals surface area (Å²) in [5.41, 5.74) is 3.80. The van der Waals surface area contributed by atoms with Gasteiger partial charge in [0.25, 0.3) is 11.8 Å². The fourth-order valence-electron chi connectivity index (χ4n) is 3.21. The number of carbonyl (C=O) groups is 2. The second-order valence-corrected chi connectivity index (χ2v) is 8.32. The Kier molecular flexibility index (Phi) is 4.98. The highest BCUT2D eigenvalue weighted by Crippen LogP contribution is 2.28. The molecule has 1 aliphatic rings. The standard InChI is InChI=1S/C21H18N4O4S/c22-30(28,29)15-6-3-13(4-7-15)11-23-12-18-17-10-14(19-2-1-9-24-19)5-8-16(17)20(26)25-21(18)27/h1-10,12,23-24H,11H2,(H2,22,28,29)(H,25,26,27). The van der Waals surface area contributed by atoms with Crippen molar-refractivity contribution in [2.24, 2.45) is 5.14 Å². The summed E-state index contributed by atoms with van der Waals surface area (Å²) >= 11 is 0. The summed E-state index contributed by atoms with van der Waals surface area (Å²) in [6.07, 6.45) is 3.35. The molecule has 1 aliphatic heterocycles. The van der Waals surface area contributed by atoms with Crippen LogP contribution in [0, 0.1) is 0 Å².